The van der Waals surface area contributed by atoms with Crippen molar-refractivity contribution in [2.24, 2.45) is 0 Å². The molecule has 1 aliphatic heterocycles. The van der Waals surface area contributed by atoms with E-state index in [9.17, 15) is 5.53 Å². The highest BCUT2D eigenvalue weighted by molar-refractivity contribution is 5.82. The summed E-state index contributed by atoms with van der Waals surface area (Å²) in [6.45, 7) is 9.23. The van der Waals surface area contributed by atoms with E-state index in [4.69, 9.17) is 0 Å². The van der Waals surface area contributed by atoms with Gasteiger partial charge in [0.05, 0.1) is 0 Å². The molecule has 1 heterocycles. The van der Waals surface area contributed by atoms with E-state index in [1.807, 2.05) is 0 Å². The molecule has 3 rings (SSSR count). The molecule has 80 heavy (non-hydrogen) atoms. The number of unbranched alkanes of at least 4 members (excludes halogenated alkanes) is 50. The van der Waals surface area contributed by atoms with Gasteiger partial charge in [0.1, 0.15) is 0 Å². The fraction of sp³-hybridized carbons (Fsp3) is 0.795. The predicted octanol–water partition coefficient (Wildman–Crippen LogP) is 27.9. The SMILES string of the molecule is CCCCCCCCCCCCCCCCCCCCCCCCCCCc1cccc(C2=C(CCCC)C(CCCC)=C(c3cccc(CCCCCCCCCCCCCCCCCCCCCCCCCCC)c3)[N+]2=[N-])c1. The van der Waals surface area contributed by atoms with Gasteiger partial charge in [-0.05, 0) is 86.8 Å². The van der Waals surface area contributed by atoms with E-state index in [-0.39, 0.29) is 0 Å². The molecule has 2 heteroatoms. The average Bonchev–Trinajstić information content (AvgIpc) is 3.93. The second-order valence-electron chi connectivity index (χ2n) is 26.0. The van der Waals surface area contributed by atoms with Crippen molar-refractivity contribution >= 4 is 11.4 Å². The van der Waals surface area contributed by atoms with Crippen molar-refractivity contribution in [3.63, 3.8) is 0 Å². The molecular formula is C78H136N2. The van der Waals surface area contributed by atoms with Gasteiger partial charge in [-0.25, -0.2) is 4.70 Å². The quantitative estimate of drug-likeness (QED) is 0.0466. The van der Waals surface area contributed by atoms with Crippen molar-refractivity contribution < 1.29 is 4.70 Å². The summed E-state index contributed by atoms with van der Waals surface area (Å²) < 4.78 is 1.62. The van der Waals surface area contributed by atoms with E-state index < -0.39 is 0 Å². The van der Waals surface area contributed by atoms with Crippen LogP contribution in [0.5, 0.6) is 0 Å². The van der Waals surface area contributed by atoms with Crippen LogP contribution in [-0.2, 0) is 12.8 Å². The molecule has 0 amide bonds. The number of allylic oxidation sites excluding steroid dienone is 2. The molecule has 458 valence electrons. The van der Waals surface area contributed by atoms with Crippen molar-refractivity contribution in [3.8, 4) is 0 Å². The molecule has 0 bridgehead atoms. The summed E-state index contributed by atoms with van der Waals surface area (Å²) in [5, 5.41) is 0. The first-order valence-corrected chi connectivity index (χ1v) is 36.8. The van der Waals surface area contributed by atoms with Gasteiger partial charge in [-0.3, -0.25) is 0 Å². The van der Waals surface area contributed by atoms with Gasteiger partial charge in [0.15, 0.2) is 0 Å². The Balaban J connectivity index is 1.26. The number of aryl methyl sites for hydroxylation is 2. The number of hydrogen-bond donors (Lipinski definition) is 0. The minimum atomic E-state index is 1.02. The van der Waals surface area contributed by atoms with Gasteiger partial charge in [0, 0.05) is 22.3 Å². The second kappa shape index (κ2) is 53.3. The fourth-order valence-electron chi connectivity index (χ4n) is 13.2. The molecule has 0 fully saturated rings. The number of nitrogens with zero attached hydrogens (tertiary/aromatic N) is 2. The standard InChI is InChI=1S/C78H136N2/c1-5-9-13-15-17-19-21-23-25-27-29-31-33-35-37-39-41-43-45-47-49-51-53-55-57-61-71-63-59-65-73(69-71)77-75(67-11-7-3)76(68-12-8-4)78(80(77)79)74-66-60-64-72(70-74)62-58-56-54-52-50-48-46-44-42-40-38-36-34-32-30-28-26-24-22-20-18-16-14-10-6-2/h59-60,63-66,69-70H,5-58,61-62,67-68H2,1-4H3. The molecule has 0 atom stereocenters. The monoisotopic (exact) mass is 1100 g/mol. The summed E-state index contributed by atoms with van der Waals surface area (Å²) in [4.78, 5) is 0. The van der Waals surface area contributed by atoms with Gasteiger partial charge < -0.3 is 5.53 Å². The van der Waals surface area contributed by atoms with E-state index in [0.717, 1.165) is 62.8 Å². The lowest BCUT2D eigenvalue weighted by atomic mass is 9.91. The van der Waals surface area contributed by atoms with Crippen molar-refractivity contribution in [2.75, 3.05) is 0 Å². The highest BCUT2D eigenvalue weighted by Crippen LogP contribution is 2.45. The minimum absolute atomic E-state index is 1.02. The zero-order valence-corrected chi connectivity index (χ0v) is 54.5. The minimum Gasteiger partial charge on any atom is -0.493 e. The van der Waals surface area contributed by atoms with Gasteiger partial charge >= 0.3 is 0 Å². The van der Waals surface area contributed by atoms with Crippen LogP contribution in [0.1, 0.15) is 410 Å². The summed E-state index contributed by atoms with van der Waals surface area (Å²) in [6.07, 6.45) is 80.6. The second-order valence-corrected chi connectivity index (χ2v) is 26.0. The predicted molar refractivity (Wildman–Crippen MR) is 359 cm³/mol. The summed E-state index contributed by atoms with van der Waals surface area (Å²) in [5.41, 5.74) is 22.4. The zero-order chi connectivity index (χ0) is 56.9. The van der Waals surface area contributed by atoms with E-state index in [1.54, 1.807) is 4.70 Å². The Kier molecular flexibility index (Phi) is 47.8. The first-order valence-electron chi connectivity index (χ1n) is 36.8. The largest absolute Gasteiger partial charge is 0.493 e. The Hall–Kier alpha value is -2.48. The highest BCUT2D eigenvalue weighted by Gasteiger charge is 2.35. The first-order chi connectivity index (χ1) is 39.6. The number of benzene rings is 2. The van der Waals surface area contributed by atoms with Gasteiger partial charge in [-0.1, -0.05) is 373 Å². The normalized spacial score (nSPS) is 12.8. The Labute approximate surface area is 501 Å². The molecule has 0 unspecified atom stereocenters. The molecule has 0 saturated heterocycles. The topological polar surface area (TPSA) is 25.3 Å². The highest BCUT2D eigenvalue weighted by atomic mass is 15.2. The van der Waals surface area contributed by atoms with E-state index in [0.29, 0.717) is 0 Å². The van der Waals surface area contributed by atoms with Crippen molar-refractivity contribution in [2.45, 2.75) is 400 Å². The summed E-state index contributed by atoms with van der Waals surface area (Å²) >= 11 is 0. The smallest absolute Gasteiger partial charge is 0.211 e. The van der Waals surface area contributed by atoms with Gasteiger partial charge in [0.2, 0.25) is 11.4 Å². The Morgan fingerprint density at radius 3 is 0.650 bits per heavy atom. The summed E-state index contributed by atoms with van der Waals surface area (Å²) in [5.74, 6) is 0. The molecular weight excluding hydrogens is 965 g/mol. The first kappa shape index (κ1) is 71.8. The van der Waals surface area contributed by atoms with Crippen molar-refractivity contribution in [1.29, 1.82) is 0 Å². The molecule has 2 aromatic carbocycles. The zero-order valence-electron chi connectivity index (χ0n) is 54.5. The van der Waals surface area contributed by atoms with Crippen LogP contribution in [0.15, 0.2) is 59.7 Å². The van der Waals surface area contributed by atoms with Crippen molar-refractivity contribution in [1.82, 2.24) is 0 Å². The average molecular weight is 1100 g/mol. The number of hydrogen-bond acceptors (Lipinski definition) is 0. The van der Waals surface area contributed by atoms with Crippen LogP contribution in [-0.4, -0.2) is 4.70 Å². The van der Waals surface area contributed by atoms with Crippen LogP contribution in [0.2, 0.25) is 0 Å². The van der Waals surface area contributed by atoms with Crippen LogP contribution < -0.4 is 0 Å². The van der Waals surface area contributed by atoms with Gasteiger partial charge in [0.25, 0.3) is 0 Å². The fourth-order valence-corrected chi connectivity index (χ4v) is 13.2. The summed E-state index contributed by atoms with van der Waals surface area (Å²) in [6, 6.07) is 18.5. The molecule has 0 aromatic heterocycles. The Morgan fingerprint density at radius 2 is 0.438 bits per heavy atom. The lowest BCUT2D eigenvalue weighted by molar-refractivity contribution is -0.345. The molecule has 2 nitrogen and oxygen atoms in total. The van der Waals surface area contributed by atoms with Crippen molar-refractivity contribution in [3.05, 3.63) is 87.5 Å². The maximum Gasteiger partial charge on any atom is 0.211 e. The molecule has 2 aromatic rings. The van der Waals surface area contributed by atoms with Gasteiger partial charge in [-0.2, -0.15) is 0 Å². The van der Waals surface area contributed by atoms with E-state index in [2.05, 4.69) is 76.2 Å². The third kappa shape index (κ3) is 36.3. The Bertz CT molecular complexity index is 1650. The Morgan fingerprint density at radius 1 is 0.237 bits per heavy atom. The lowest BCUT2D eigenvalue weighted by Gasteiger charge is -2.12. The van der Waals surface area contributed by atoms with Gasteiger partial charge in [-0.15, -0.1) is 0 Å². The number of rotatable bonds is 60. The van der Waals surface area contributed by atoms with E-state index >= 15 is 0 Å². The van der Waals surface area contributed by atoms with Crippen LogP contribution in [0, 0.1) is 0 Å². The van der Waals surface area contributed by atoms with Crippen LogP contribution >= 0.6 is 0 Å². The molecule has 0 spiro atoms. The van der Waals surface area contributed by atoms with Crippen LogP contribution in [0.4, 0.5) is 0 Å². The summed E-state index contributed by atoms with van der Waals surface area (Å²) in [7, 11) is 0. The lowest BCUT2D eigenvalue weighted by Crippen LogP contribution is -2.03. The third-order valence-electron chi connectivity index (χ3n) is 18.5. The molecule has 0 radical (unpaired) electrons. The third-order valence-corrected chi connectivity index (χ3v) is 18.5. The maximum atomic E-state index is 12.3. The van der Waals surface area contributed by atoms with E-state index in [1.165, 1.54) is 354 Å². The molecule has 0 aliphatic carbocycles. The molecule has 1 aliphatic rings. The maximum absolute atomic E-state index is 12.3. The molecule has 0 saturated carbocycles. The van der Waals surface area contributed by atoms with Crippen LogP contribution in [0.3, 0.4) is 0 Å². The van der Waals surface area contributed by atoms with Crippen LogP contribution in [0.25, 0.3) is 16.9 Å². The molecule has 0 N–H and O–H groups in total.